The van der Waals surface area contributed by atoms with Crippen LogP contribution in [0.2, 0.25) is 0 Å². The fourth-order valence-electron chi connectivity index (χ4n) is 4.03. The summed E-state index contributed by atoms with van der Waals surface area (Å²) < 4.78 is 38.8. The zero-order chi connectivity index (χ0) is 22.9. The molecule has 1 aliphatic heterocycles. The molecule has 1 saturated heterocycles. The van der Waals surface area contributed by atoms with Crippen molar-refractivity contribution in [1.29, 1.82) is 0 Å². The number of hydrogen-bond donors (Lipinski definition) is 0. The second-order valence-corrected chi connectivity index (χ2v) is 7.96. The van der Waals surface area contributed by atoms with E-state index in [4.69, 9.17) is 0 Å². The molecule has 0 saturated carbocycles. The third-order valence-electron chi connectivity index (χ3n) is 5.61. The van der Waals surface area contributed by atoms with E-state index in [0.29, 0.717) is 32.0 Å². The van der Waals surface area contributed by atoms with E-state index < -0.39 is 22.4 Å². The molecule has 9 heteroatoms. The molecule has 0 unspecified atom stereocenters. The maximum Gasteiger partial charge on any atom is 0.416 e. The van der Waals surface area contributed by atoms with Crippen LogP contribution in [0.25, 0.3) is 0 Å². The first kappa shape index (κ1) is 22.6. The number of hydrogen-bond acceptors (Lipinski definition) is 4. The predicted molar refractivity (Wildman–Crippen MR) is 112 cm³/mol. The van der Waals surface area contributed by atoms with Gasteiger partial charge in [0.05, 0.1) is 10.5 Å². The first-order valence-corrected chi connectivity index (χ1v) is 9.94. The highest BCUT2D eigenvalue weighted by atomic mass is 19.4. The zero-order valence-corrected chi connectivity index (χ0v) is 17.6. The van der Waals surface area contributed by atoms with Gasteiger partial charge in [-0.1, -0.05) is 6.07 Å². The van der Waals surface area contributed by atoms with Gasteiger partial charge in [-0.05, 0) is 62.1 Å². The van der Waals surface area contributed by atoms with Crippen LogP contribution in [0.3, 0.4) is 0 Å². The van der Waals surface area contributed by atoms with E-state index in [0.717, 1.165) is 28.9 Å². The molecule has 1 aliphatic rings. The molecule has 0 atom stereocenters. The van der Waals surface area contributed by atoms with Crippen molar-refractivity contribution < 1.29 is 22.9 Å². The summed E-state index contributed by atoms with van der Waals surface area (Å²) in [5, 5.41) is 11.4. The van der Waals surface area contributed by atoms with Crippen LogP contribution in [0.5, 0.6) is 0 Å². The zero-order valence-electron chi connectivity index (χ0n) is 17.6. The number of amides is 1. The predicted octanol–water partition coefficient (Wildman–Crippen LogP) is 5.11. The third kappa shape index (κ3) is 4.98. The minimum atomic E-state index is -4.65. The van der Waals surface area contributed by atoms with E-state index in [9.17, 15) is 28.1 Å². The molecule has 0 bridgehead atoms. The van der Waals surface area contributed by atoms with Gasteiger partial charge in [0.1, 0.15) is 5.69 Å². The Morgan fingerprint density at radius 2 is 1.68 bits per heavy atom. The first-order valence-electron chi connectivity index (χ1n) is 9.94. The van der Waals surface area contributed by atoms with Crippen LogP contribution in [0.15, 0.2) is 36.4 Å². The molecule has 0 radical (unpaired) electrons. The van der Waals surface area contributed by atoms with Crippen LogP contribution in [-0.2, 0) is 11.0 Å². The highest BCUT2D eigenvalue weighted by Crippen LogP contribution is 2.38. The Morgan fingerprint density at radius 1 is 1.10 bits per heavy atom. The maximum atomic E-state index is 13.0. The van der Waals surface area contributed by atoms with Gasteiger partial charge in [-0.15, -0.1) is 0 Å². The lowest BCUT2D eigenvalue weighted by Gasteiger charge is -2.34. The van der Waals surface area contributed by atoms with Crippen LogP contribution < -0.4 is 9.80 Å². The number of benzene rings is 2. The molecule has 2 aromatic rings. The van der Waals surface area contributed by atoms with Gasteiger partial charge in [0.2, 0.25) is 5.91 Å². The molecule has 31 heavy (non-hydrogen) atoms. The maximum absolute atomic E-state index is 13.0. The number of rotatable bonds is 4. The molecule has 0 N–H and O–H groups in total. The summed E-state index contributed by atoms with van der Waals surface area (Å²) in [5.74, 6) is -0.290. The minimum Gasteiger partial charge on any atom is -0.366 e. The molecule has 0 aliphatic carbocycles. The Morgan fingerprint density at radius 3 is 2.19 bits per heavy atom. The van der Waals surface area contributed by atoms with Gasteiger partial charge < -0.3 is 9.80 Å². The summed E-state index contributed by atoms with van der Waals surface area (Å²) in [6.45, 7) is 4.63. The van der Waals surface area contributed by atoms with Crippen molar-refractivity contribution in [2.75, 3.05) is 29.9 Å². The Labute approximate surface area is 178 Å². The van der Waals surface area contributed by atoms with E-state index in [1.165, 1.54) is 0 Å². The molecule has 0 aromatic heterocycles. The van der Waals surface area contributed by atoms with Crippen LogP contribution in [0.1, 0.15) is 29.5 Å². The van der Waals surface area contributed by atoms with Gasteiger partial charge in [0.15, 0.2) is 0 Å². The number of aryl methyl sites for hydroxylation is 2. The van der Waals surface area contributed by atoms with Crippen molar-refractivity contribution in [3.8, 4) is 0 Å². The van der Waals surface area contributed by atoms with Crippen molar-refractivity contribution in [1.82, 2.24) is 0 Å². The van der Waals surface area contributed by atoms with Crippen LogP contribution >= 0.6 is 0 Å². The second kappa shape index (κ2) is 8.56. The average molecular weight is 435 g/mol. The van der Waals surface area contributed by atoms with Crippen molar-refractivity contribution in [3.05, 3.63) is 63.2 Å². The van der Waals surface area contributed by atoms with Crippen LogP contribution in [0.4, 0.5) is 30.2 Å². The third-order valence-corrected chi connectivity index (χ3v) is 5.61. The highest BCUT2D eigenvalue weighted by molar-refractivity contribution is 5.94. The number of carbonyl (C=O) groups excluding carboxylic acids is 1. The summed E-state index contributed by atoms with van der Waals surface area (Å²) in [4.78, 5) is 26.8. The van der Waals surface area contributed by atoms with Crippen molar-refractivity contribution >= 4 is 23.0 Å². The van der Waals surface area contributed by atoms with Gasteiger partial charge in [0.25, 0.3) is 5.69 Å². The van der Waals surface area contributed by atoms with E-state index >= 15 is 0 Å². The molecule has 3 rings (SSSR count). The van der Waals surface area contributed by atoms with Gasteiger partial charge >= 0.3 is 6.18 Å². The van der Waals surface area contributed by atoms with E-state index in [1.54, 1.807) is 16.8 Å². The lowest BCUT2D eigenvalue weighted by atomic mass is 9.94. The summed E-state index contributed by atoms with van der Waals surface area (Å²) in [6, 6.07) is 8.47. The number of nitro groups is 1. The number of carbonyl (C=O) groups is 1. The molecule has 6 nitrogen and oxygen atoms in total. The smallest absolute Gasteiger partial charge is 0.366 e. The summed E-state index contributed by atoms with van der Waals surface area (Å²) >= 11 is 0. The highest BCUT2D eigenvalue weighted by Gasteiger charge is 2.35. The number of nitro benzene ring substituents is 1. The standard InChI is InChI=1S/C22H24F3N3O3/c1-14-10-15(2)12-18(11-14)26(3)21(29)16-6-8-27(9-7-16)19-5-4-17(22(23,24)25)13-20(19)28(30)31/h4-5,10-13,16H,6-9H2,1-3H3. The molecule has 2 aromatic carbocycles. The Bertz CT molecular complexity index is 979. The number of alkyl halides is 3. The van der Waals surface area contributed by atoms with E-state index in [1.807, 2.05) is 32.0 Å². The molecule has 1 fully saturated rings. The summed E-state index contributed by atoms with van der Waals surface area (Å²) in [6.07, 6.45) is -3.72. The lowest BCUT2D eigenvalue weighted by molar-refractivity contribution is -0.384. The molecular formula is C22H24F3N3O3. The van der Waals surface area contributed by atoms with Crippen molar-refractivity contribution in [2.45, 2.75) is 32.9 Å². The quantitative estimate of drug-likeness (QED) is 0.495. The minimum absolute atomic E-state index is 0.0356. The fourth-order valence-corrected chi connectivity index (χ4v) is 4.03. The fraction of sp³-hybridized carbons (Fsp3) is 0.409. The summed E-state index contributed by atoms with van der Waals surface area (Å²) in [5.41, 5.74) is 1.43. The monoisotopic (exact) mass is 435 g/mol. The number of piperidine rings is 1. The number of nitrogens with zero attached hydrogens (tertiary/aromatic N) is 3. The molecule has 1 amide bonds. The number of halogens is 3. The molecule has 166 valence electrons. The Hall–Kier alpha value is -3.10. The van der Waals surface area contributed by atoms with Crippen LogP contribution in [0, 0.1) is 29.9 Å². The number of anilines is 2. The van der Waals surface area contributed by atoms with E-state index in [2.05, 4.69) is 0 Å². The Balaban J connectivity index is 1.73. The topological polar surface area (TPSA) is 66.7 Å². The first-order chi connectivity index (χ1) is 14.5. The largest absolute Gasteiger partial charge is 0.416 e. The summed E-state index contributed by atoms with van der Waals surface area (Å²) in [7, 11) is 1.73. The van der Waals surface area contributed by atoms with Gasteiger partial charge in [-0.3, -0.25) is 14.9 Å². The van der Waals surface area contributed by atoms with Gasteiger partial charge in [-0.2, -0.15) is 13.2 Å². The SMILES string of the molecule is Cc1cc(C)cc(N(C)C(=O)C2CCN(c3ccc(C(F)(F)F)cc3[N+](=O)[O-])CC2)c1. The average Bonchev–Trinajstić information content (AvgIpc) is 2.71. The molecular weight excluding hydrogens is 411 g/mol. The lowest BCUT2D eigenvalue weighted by Crippen LogP contribution is -2.41. The van der Waals surface area contributed by atoms with Crippen molar-refractivity contribution in [2.24, 2.45) is 5.92 Å². The molecule has 1 heterocycles. The molecule has 0 spiro atoms. The van der Waals surface area contributed by atoms with Crippen molar-refractivity contribution in [3.63, 3.8) is 0 Å². The normalized spacial score (nSPS) is 15.1. The Kier molecular flexibility index (Phi) is 6.24. The second-order valence-electron chi connectivity index (χ2n) is 7.96. The van der Waals surface area contributed by atoms with Gasteiger partial charge in [0, 0.05) is 37.8 Å². The van der Waals surface area contributed by atoms with Crippen LogP contribution in [-0.4, -0.2) is 31.0 Å². The van der Waals surface area contributed by atoms with Gasteiger partial charge in [-0.25, -0.2) is 0 Å². The van der Waals surface area contributed by atoms with E-state index in [-0.39, 0.29) is 17.5 Å².